The highest BCUT2D eigenvalue weighted by Crippen LogP contribution is 2.30. The number of benzene rings is 4. The maximum absolute atomic E-state index is 11.5. The first-order chi connectivity index (χ1) is 26.7. The SMILES string of the molecule is O=Cc1cc2cc(c1)OCCOCCOCCOc1ccc(cc1)-c1ccc3ccc4ccc(nc4c3n1)-c1ccc(cc1)OCCOCCOCCO2. The fourth-order valence-corrected chi connectivity index (χ4v) is 5.88. The van der Waals surface area contributed by atoms with Crippen LogP contribution in [0.4, 0.5) is 0 Å². The predicted molar refractivity (Wildman–Crippen MR) is 205 cm³/mol. The van der Waals surface area contributed by atoms with Crippen LogP contribution in [0.3, 0.4) is 0 Å². The monoisotopic (exact) mass is 730 g/mol. The van der Waals surface area contributed by atoms with Gasteiger partial charge >= 0.3 is 0 Å². The lowest BCUT2D eigenvalue weighted by atomic mass is 10.1. The highest BCUT2D eigenvalue weighted by atomic mass is 16.6. The Hall–Kier alpha value is -5.59. The molecule has 3 aliphatic rings. The van der Waals surface area contributed by atoms with Crippen LogP contribution in [-0.2, 0) is 18.9 Å². The molecule has 0 unspecified atom stereocenters. The largest absolute Gasteiger partial charge is 0.491 e. The first-order valence-electron chi connectivity index (χ1n) is 18.1. The van der Waals surface area contributed by atoms with Crippen LogP contribution in [0.15, 0.2) is 103 Å². The molecular weight excluding hydrogens is 688 g/mol. The maximum atomic E-state index is 11.5. The molecule has 11 heteroatoms. The minimum atomic E-state index is 0.310. The Balaban J connectivity index is 1.01. The quantitative estimate of drug-likeness (QED) is 0.126. The topological polar surface area (TPSA) is 117 Å². The number of hydrogen-bond donors (Lipinski definition) is 0. The van der Waals surface area contributed by atoms with Gasteiger partial charge in [0.05, 0.1) is 75.3 Å². The van der Waals surface area contributed by atoms with E-state index in [2.05, 4.69) is 24.3 Å². The van der Waals surface area contributed by atoms with Crippen molar-refractivity contribution in [2.45, 2.75) is 0 Å². The number of pyridine rings is 2. The molecule has 6 aromatic rings. The van der Waals surface area contributed by atoms with Gasteiger partial charge in [0, 0.05) is 33.5 Å². The van der Waals surface area contributed by atoms with Crippen molar-refractivity contribution in [3.05, 3.63) is 109 Å². The van der Waals surface area contributed by atoms with Gasteiger partial charge in [0.25, 0.3) is 0 Å². The van der Waals surface area contributed by atoms with E-state index in [1.54, 1.807) is 18.2 Å². The van der Waals surface area contributed by atoms with Gasteiger partial charge in [-0.25, -0.2) is 9.97 Å². The molecule has 0 spiro atoms. The summed E-state index contributed by atoms with van der Waals surface area (Å²) in [5.41, 5.74) is 5.82. The van der Waals surface area contributed by atoms with Crippen LogP contribution in [0.25, 0.3) is 44.3 Å². The molecule has 0 fully saturated rings. The summed E-state index contributed by atoms with van der Waals surface area (Å²) in [5.74, 6) is 2.54. The van der Waals surface area contributed by atoms with Gasteiger partial charge in [0.15, 0.2) is 0 Å². The minimum absolute atomic E-state index is 0.310. The van der Waals surface area contributed by atoms with E-state index >= 15 is 0 Å². The van der Waals surface area contributed by atoms with Crippen molar-refractivity contribution in [2.75, 3.05) is 79.3 Å². The van der Waals surface area contributed by atoms with Gasteiger partial charge in [0.2, 0.25) is 0 Å². The zero-order chi connectivity index (χ0) is 36.8. The van der Waals surface area contributed by atoms with E-state index in [0.29, 0.717) is 96.3 Å². The lowest BCUT2D eigenvalue weighted by Gasteiger charge is -2.12. The normalized spacial score (nSPS) is 15.6. The second-order valence-corrected chi connectivity index (χ2v) is 12.3. The van der Waals surface area contributed by atoms with E-state index in [4.69, 9.17) is 47.9 Å². The van der Waals surface area contributed by atoms with E-state index < -0.39 is 0 Å². The van der Waals surface area contributed by atoms with Crippen molar-refractivity contribution >= 4 is 28.1 Å². The second-order valence-electron chi connectivity index (χ2n) is 12.3. The number of hydrogen-bond acceptors (Lipinski definition) is 11. The Kier molecular flexibility index (Phi) is 12.9. The zero-order valence-electron chi connectivity index (χ0n) is 29.9. The Morgan fingerprint density at radius 3 is 1.13 bits per heavy atom. The molecule has 0 N–H and O–H groups in total. The van der Waals surface area contributed by atoms with Crippen molar-refractivity contribution in [3.63, 3.8) is 0 Å². The van der Waals surface area contributed by atoms with E-state index in [1.165, 1.54) is 0 Å². The molecule has 0 saturated heterocycles. The number of nitrogens with zero attached hydrogens (tertiary/aromatic N) is 2. The summed E-state index contributed by atoms with van der Waals surface area (Å²) in [6.07, 6.45) is 0.756. The number of ether oxygens (including phenoxy) is 8. The fraction of sp³-hybridized carbons (Fsp3) is 0.279. The Labute approximate surface area is 313 Å². The van der Waals surface area contributed by atoms with Crippen LogP contribution in [0, 0.1) is 0 Å². The molecule has 5 heterocycles. The van der Waals surface area contributed by atoms with Gasteiger partial charge < -0.3 is 37.9 Å². The zero-order valence-corrected chi connectivity index (χ0v) is 29.9. The second kappa shape index (κ2) is 18.9. The molecule has 9 rings (SSSR count). The van der Waals surface area contributed by atoms with Crippen LogP contribution in [0.2, 0.25) is 0 Å². The summed E-state index contributed by atoms with van der Waals surface area (Å²) in [4.78, 5) is 21.6. The smallest absolute Gasteiger partial charge is 0.150 e. The van der Waals surface area contributed by atoms with Crippen LogP contribution in [-0.4, -0.2) is 95.5 Å². The van der Waals surface area contributed by atoms with Crippen LogP contribution >= 0.6 is 0 Å². The average Bonchev–Trinajstić information content (AvgIpc) is 3.21. The van der Waals surface area contributed by atoms with Crippen LogP contribution in [0.1, 0.15) is 10.4 Å². The van der Waals surface area contributed by atoms with Crippen molar-refractivity contribution < 1.29 is 42.7 Å². The van der Waals surface area contributed by atoms with Crippen molar-refractivity contribution in [1.82, 2.24) is 9.97 Å². The molecule has 0 saturated carbocycles. The molecule has 4 aromatic carbocycles. The van der Waals surface area contributed by atoms with Gasteiger partial charge in [-0.15, -0.1) is 0 Å². The number of carbonyl (C=O) groups is 1. The minimum Gasteiger partial charge on any atom is -0.491 e. The number of aldehydes is 1. The highest BCUT2D eigenvalue weighted by molar-refractivity contribution is 6.04. The molecule has 54 heavy (non-hydrogen) atoms. The molecular formula is C43H42N2O9. The number of carbonyl (C=O) groups excluding carboxylic acids is 1. The Bertz CT molecular complexity index is 1980. The molecule has 0 radical (unpaired) electrons. The Morgan fingerprint density at radius 2 is 0.741 bits per heavy atom. The third-order valence-electron chi connectivity index (χ3n) is 8.59. The summed E-state index contributed by atoms with van der Waals surface area (Å²) in [6, 6.07) is 33.2. The van der Waals surface area contributed by atoms with Gasteiger partial charge in [-0.1, -0.05) is 24.3 Å². The van der Waals surface area contributed by atoms with Gasteiger partial charge in [-0.3, -0.25) is 4.79 Å². The lowest BCUT2D eigenvalue weighted by Crippen LogP contribution is -2.14. The number of rotatable bonds is 1. The summed E-state index contributed by atoms with van der Waals surface area (Å²) in [6.45, 7) is 4.69. The summed E-state index contributed by atoms with van der Waals surface area (Å²) < 4.78 is 46.0. The molecule has 0 amide bonds. The Morgan fingerprint density at radius 1 is 0.389 bits per heavy atom. The maximum Gasteiger partial charge on any atom is 0.150 e. The lowest BCUT2D eigenvalue weighted by molar-refractivity contribution is 0.0267. The number of aromatic nitrogens is 2. The summed E-state index contributed by atoms with van der Waals surface area (Å²) >= 11 is 0. The van der Waals surface area contributed by atoms with E-state index in [9.17, 15) is 4.79 Å². The highest BCUT2D eigenvalue weighted by Gasteiger charge is 2.10. The van der Waals surface area contributed by atoms with Crippen LogP contribution < -0.4 is 18.9 Å². The first-order valence-corrected chi connectivity index (χ1v) is 18.1. The predicted octanol–water partition coefficient (Wildman–Crippen LogP) is 7.22. The van der Waals surface area contributed by atoms with Gasteiger partial charge in [0.1, 0.15) is 55.7 Å². The number of fused-ring (bicyclic) bond motifs is 2. The van der Waals surface area contributed by atoms with E-state index in [-0.39, 0.29) is 0 Å². The van der Waals surface area contributed by atoms with E-state index in [0.717, 1.165) is 62.1 Å². The van der Waals surface area contributed by atoms with Crippen molar-refractivity contribution in [2.24, 2.45) is 0 Å². The van der Waals surface area contributed by atoms with Crippen molar-refractivity contribution in [1.29, 1.82) is 0 Å². The third-order valence-corrected chi connectivity index (χ3v) is 8.59. The first kappa shape index (κ1) is 36.8. The molecule has 3 aliphatic heterocycles. The molecule has 0 aliphatic carbocycles. The molecule has 2 aromatic heterocycles. The fourth-order valence-electron chi connectivity index (χ4n) is 5.88. The average molecular weight is 731 g/mol. The molecule has 10 bridgehead atoms. The van der Waals surface area contributed by atoms with Gasteiger partial charge in [-0.2, -0.15) is 0 Å². The molecule has 0 atom stereocenters. The summed E-state index contributed by atoms with van der Waals surface area (Å²) in [7, 11) is 0. The standard InChI is InChI=1S/C43H42N2O9/c46-30-31-27-38-29-39(28-31)54-26-22-50-18-16-48-20-24-52-37-11-5-33(6-12-37)41-14-8-35-2-1-34-7-13-40(44-42(34)43(35)45-41)32-3-9-36(10-4-32)51-23-19-47-15-17-49-21-25-53-38/h1-14,27-30H,15-26H2. The van der Waals surface area contributed by atoms with Crippen LogP contribution in [0.5, 0.6) is 23.0 Å². The van der Waals surface area contributed by atoms with Gasteiger partial charge in [-0.05, 0) is 72.8 Å². The van der Waals surface area contributed by atoms with Crippen molar-refractivity contribution in [3.8, 4) is 45.5 Å². The summed E-state index contributed by atoms with van der Waals surface area (Å²) in [5, 5.41) is 2.05. The third kappa shape index (κ3) is 10.1. The molecule has 11 nitrogen and oxygen atoms in total. The molecule has 278 valence electrons. The van der Waals surface area contributed by atoms with E-state index in [1.807, 2.05) is 60.7 Å².